The molecule has 1 heterocycles. The highest BCUT2D eigenvalue weighted by Gasteiger charge is 2.33. The quantitative estimate of drug-likeness (QED) is 0.854. The van der Waals surface area contributed by atoms with Crippen LogP contribution in [0, 0.1) is 11.3 Å². The van der Waals surface area contributed by atoms with Crippen LogP contribution in [0.25, 0.3) is 0 Å². The maximum Gasteiger partial charge on any atom is 0.215 e. The van der Waals surface area contributed by atoms with Crippen LogP contribution in [0.2, 0.25) is 0 Å². The van der Waals surface area contributed by atoms with Gasteiger partial charge in [0.15, 0.2) is 0 Å². The van der Waals surface area contributed by atoms with Crippen molar-refractivity contribution in [1.29, 1.82) is 0 Å². The van der Waals surface area contributed by atoms with Crippen LogP contribution in [0.3, 0.4) is 0 Å². The van der Waals surface area contributed by atoms with Crippen LogP contribution in [-0.4, -0.2) is 11.1 Å². The molecule has 2 N–H and O–H groups in total. The van der Waals surface area contributed by atoms with Crippen molar-refractivity contribution in [3.63, 3.8) is 0 Å². The zero-order valence-corrected chi connectivity index (χ0v) is 10.9. The van der Waals surface area contributed by atoms with Crippen LogP contribution in [0.4, 0.5) is 5.82 Å². The number of hydrogen-bond acceptors (Lipinski definition) is 3. The van der Waals surface area contributed by atoms with Gasteiger partial charge in [0.2, 0.25) is 5.88 Å². The minimum Gasteiger partial charge on any atom is -0.474 e. The Hall–Kier alpha value is -1.25. The summed E-state index contributed by atoms with van der Waals surface area (Å²) in [5.74, 6) is 1.88. The normalized spacial score (nSPS) is 27.7. The van der Waals surface area contributed by atoms with E-state index in [9.17, 15) is 0 Å². The Balaban J connectivity index is 2.03. The van der Waals surface area contributed by atoms with E-state index in [1.54, 1.807) is 6.07 Å². The molecule has 17 heavy (non-hydrogen) atoms. The molecule has 2 rings (SSSR count). The summed E-state index contributed by atoms with van der Waals surface area (Å²) in [5.41, 5.74) is 6.02. The number of anilines is 1. The molecule has 1 aromatic rings. The van der Waals surface area contributed by atoms with Crippen molar-refractivity contribution in [2.24, 2.45) is 11.3 Å². The van der Waals surface area contributed by atoms with Gasteiger partial charge in [0.05, 0.1) is 0 Å². The molecule has 1 saturated carbocycles. The molecule has 0 aromatic carbocycles. The minimum atomic E-state index is 0.267. The predicted octanol–water partition coefficient (Wildman–Crippen LogP) is 3.26. The molecule has 0 aliphatic heterocycles. The van der Waals surface area contributed by atoms with Gasteiger partial charge < -0.3 is 10.5 Å². The van der Waals surface area contributed by atoms with Gasteiger partial charge in [0.1, 0.15) is 11.9 Å². The monoisotopic (exact) mass is 234 g/mol. The molecular weight excluding hydrogens is 212 g/mol. The Kier molecular flexibility index (Phi) is 3.27. The van der Waals surface area contributed by atoms with Gasteiger partial charge in [-0.1, -0.05) is 26.8 Å². The van der Waals surface area contributed by atoms with E-state index in [0.29, 0.717) is 23.0 Å². The van der Waals surface area contributed by atoms with Crippen molar-refractivity contribution < 1.29 is 4.74 Å². The van der Waals surface area contributed by atoms with Crippen molar-refractivity contribution in [2.45, 2.75) is 46.1 Å². The van der Waals surface area contributed by atoms with Crippen LogP contribution in [0.5, 0.6) is 5.88 Å². The Morgan fingerprint density at radius 3 is 2.76 bits per heavy atom. The zero-order chi connectivity index (χ0) is 12.5. The molecule has 0 saturated heterocycles. The molecule has 2 unspecified atom stereocenters. The maximum absolute atomic E-state index is 5.95. The molecule has 1 aliphatic carbocycles. The Morgan fingerprint density at radius 2 is 2.12 bits per heavy atom. The van der Waals surface area contributed by atoms with Crippen molar-refractivity contribution >= 4 is 5.82 Å². The van der Waals surface area contributed by atoms with Gasteiger partial charge in [-0.25, -0.2) is 0 Å². The fraction of sp³-hybridized carbons (Fsp3) is 0.643. The number of aromatic nitrogens is 1. The Morgan fingerprint density at radius 1 is 1.35 bits per heavy atom. The topological polar surface area (TPSA) is 48.1 Å². The molecule has 0 spiro atoms. The Labute approximate surface area is 103 Å². The number of ether oxygens (including phenoxy) is 1. The van der Waals surface area contributed by atoms with Crippen LogP contribution < -0.4 is 10.5 Å². The molecule has 2 atom stereocenters. The third kappa shape index (κ3) is 3.35. The van der Waals surface area contributed by atoms with E-state index >= 15 is 0 Å². The molecule has 3 heteroatoms. The van der Waals surface area contributed by atoms with E-state index in [4.69, 9.17) is 10.5 Å². The lowest BCUT2D eigenvalue weighted by atomic mass is 9.71. The second-order valence-electron chi connectivity index (χ2n) is 6.05. The first-order valence-corrected chi connectivity index (χ1v) is 6.34. The number of rotatable bonds is 2. The van der Waals surface area contributed by atoms with E-state index in [2.05, 4.69) is 25.8 Å². The molecule has 3 nitrogen and oxygen atoms in total. The molecule has 1 fully saturated rings. The summed E-state index contributed by atoms with van der Waals surface area (Å²) < 4.78 is 5.95. The lowest BCUT2D eigenvalue weighted by molar-refractivity contribution is 0.0534. The average Bonchev–Trinajstić information content (AvgIpc) is 2.13. The first-order valence-electron chi connectivity index (χ1n) is 6.34. The minimum absolute atomic E-state index is 0.267. The van der Waals surface area contributed by atoms with Gasteiger partial charge in [0, 0.05) is 6.07 Å². The maximum atomic E-state index is 5.95. The standard InChI is InChI=1S/C14H22N2O/c1-10-7-11(9-14(2,3)8-10)17-13-6-4-5-12(15)16-13/h4-6,10-11H,7-9H2,1-3H3,(H2,15,16). The summed E-state index contributed by atoms with van der Waals surface area (Å²) >= 11 is 0. The third-order valence-corrected chi connectivity index (χ3v) is 3.38. The van der Waals surface area contributed by atoms with Gasteiger partial charge in [-0.15, -0.1) is 0 Å². The second kappa shape index (κ2) is 4.55. The van der Waals surface area contributed by atoms with Crippen LogP contribution in [-0.2, 0) is 0 Å². The summed E-state index contributed by atoms with van der Waals surface area (Å²) in [6.07, 6.45) is 3.74. The summed E-state index contributed by atoms with van der Waals surface area (Å²) in [6, 6.07) is 5.54. The third-order valence-electron chi connectivity index (χ3n) is 3.38. The first-order chi connectivity index (χ1) is 7.94. The van der Waals surface area contributed by atoms with Crippen molar-refractivity contribution in [1.82, 2.24) is 4.98 Å². The van der Waals surface area contributed by atoms with E-state index in [-0.39, 0.29) is 6.10 Å². The number of pyridine rings is 1. The molecule has 1 aromatic heterocycles. The van der Waals surface area contributed by atoms with Gasteiger partial charge in [-0.2, -0.15) is 4.98 Å². The highest BCUT2D eigenvalue weighted by atomic mass is 16.5. The number of nitrogens with two attached hydrogens (primary N) is 1. The van der Waals surface area contributed by atoms with Crippen LogP contribution in [0.15, 0.2) is 18.2 Å². The predicted molar refractivity (Wildman–Crippen MR) is 69.9 cm³/mol. The molecule has 0 amide bonds. The fourth-order valence-electron chi connectivity index (χ4n) is 3.02. The molecule has 0 radical (unpaired) electrons. The molecule has 1 aliphatic rings. The van der Waals surface area contributed by atoms with Gasteiger partial charge in [-0.05, 0) is 36.7 Å². The van der Waals surface area contributed by atoms with Gasteiger partial charge in [0.25, 0.3) is 0 Å². The van der Waals surface area contributed by atoms with Gasteiger partial charge in [-0.3, -0.25) is 0 Å². The summed E-state index contributed by atoms with van der Waals surface area (Å²) in [5, 5.41) is 0. The average molecular weight is 234 g/mol. The van der Waals surface area contributed by atoms with E-state index in [1.807, 2.05) is 12.1 Å². The lowest BCUT2D eigenvalue weighted by Gasteiger charge is -2.38. The Bertz CT molecular complexity index is 390. The zero-order valence-electron chi connectivity index (χ0n) is 10.9. The van der Waals surface area contributed by atoms with E-state index in [0.717, 1.165) is 12.8 Å². The summed E-state index contributed by atoms with van der Waals surface area (Å²) in [7, 11) is 0. The second-order valence-corrected chi connectivity index (χ2v) is 6.05. The summed E-state index contributed by atoms with van der Waals surface area (Å²) in [4.78, 5) is 4.20. The number of nitrogen functional groups attached to an aromatic ring is 1. The van der Waals surface area contributed by atoms with Gasteiger partial charge >= 0.3 is 0 Å². The number of hydrogen-bond donors (Lipinski definition) is 1. The molecule has 94 valence electrons. The fourth-order valence-corrected chi connectivity index (χ4v) is 3.02. The largest absolute Gasteiger partial charge is 0.474 e. The first kappa shape index (κ1) is 12.2. The molecular formula is C14H22N2O. The highest BCUT2D eigenvalue weighted by Crippen LogP contribution is 2.39. The lowest BCUT2D eigenvalue weighted by Crippen LogP contribution is -2.34. The summed E-state index contributed by atoms with van der Waals surface area (Å²) in [6.45, 7) is 6.92. The van der Waals surface area contributed by atoms with Crippen molar-refractivity contribution in [3.05, 3.63) is 18.2 Å². The van der Waals surface area contributed by atoms with Crippen LogP contribution >= 0.6 is 0 Å². The van der Waals surface area contributed by atoms with E-state index < -0.39 is 0 Å². The van der Waals surface area contributed by atoms with Crippen molar-refractivity contribution in [2.75, 3.05) is 5.73 Å². The van der Waals surface area contributed by atoms with Crippen LogP contribution in [0.1, 0.15) is 40.0 Å². The number of nitrogens with zero attached hydrogens (tertiary/aromatic N) is 1. The highest BCUT2D eigenvalue weighted by molar-refractivity contribution is 5.31. The van der Waals surface area contributed by atoms with E-state index in [1.165, 1.54) is 6.42 Å². The molecule has 0 bridgehead atoms. The van der Waals surface area contributed by atoms with Crippen molar-refractivity contribution in [3.8, 4) is 5.88 Å². The smallest absolute Gasteiger partial charge is 0.215 e. The SMILES string of the molecule is CC1CC(Oc2cccc(N)n2)CC(C)(C)C1.